The number of halogens is 1. The quantitative estimate of drug-likeness (QED) is 0.598. The zero-order valence-electron chi connectivity index (χ0n) is 10.3. The molecule has 92 valence electrons. The molecule has 0 N–H and O–H groups in total. The minimum atomic E-state index is 0.342. The van der Waals surface area contributed by atoms with E-state index in [-0.39, 0.29) is 0 Å². The molecule has 0 amide bonds. The van der Waals surface area contributed by atoms with Gasteiger partial charge in [-0.2, -0.15) is 4.37 Å². The average Bonchev–Trinajstić information content (AvgIpc) is 2.64. The van der Waals surface area contributed by atoms with E-state index >= 15 is 0 Å². The number of aromatic nitrogens is 2. The van der Waals surface area contributed by atoms with Crippen LogP contribution in [0.2, 0.25) is 0 Å². The van der Waals surface area contributed by atoms with Gasteiger partial charge >= 0.3 is 0 Å². The molecule has 16 heavy (non-hydrogen) atoms. The second-order valence-electron chi connectivity index (χ2n) is 4.86. The van der Waals surface area contributed by atoms with Crippen LogP contribution in [0.15, 0.2) is 4.34 Å². The SMILES string of the molecule is CCc1nsc(SCC(CBr)C(C)(C)C)n1. The molecule has 1 aromatic heterocycles. The summed E-state index contributed by atoms with van der Waals surface area (Å²) in [6.45, 7) is 8.96. The lowest BCUT2D eigenvalue weighted by Gasteiger charge is -2.28. The first kappa shape index (κ1) is 14.5. The number of nitrogens with zero attached hydrogens (tertiary/aromatic N) is 2. The molecule has 1 rings (SSSR count). The van der Waals surface area contributed by atoms with E-state index in [1.54, 1.807) is 0 Å². The summed E-state index contributed by atoms with van der Waals surface area (Å²) < 4.78 is 5.40. The standard InChI is InChI=1S/C11H19BrN2S2/c1-5-9-13-10(16-14-9)15-7-8(6-12)11(2,3)4/h8H,5-7H2,1-4H3. The molecule has 0 saturated carbocycles. The van der Waals surface area contributed by atoms with Gasteiger partial charge in [0.15, 0.2) is 4.34 Å². The van der Waals surface area contributed by atoms with Gasteiger partial charge in [0, 0.05) is 17.5 Å². The normalized spacial score (nSPS) is 14.1. The first-order valence-corrected chi connectivity index (χ1v) is 8.36. The smallest absolute Gasteiger partial charge is 0.170 e. The van der Waals surface area contributed by atoms with Crippen LogP contribution < -0.4 is 0 Å². The predicted molar refractivity (Wildman–Crippen MR) is 76.8 cm³/mol. The molecule has 0 bridgehead atoms. The van der Waals surface area contributed by atoms with Crippen LogP contribution in [-0.2, 0) is 6.42 Å². The molecule has 0 spiro atoms. The van der Waals surface area contributed by atoms with Crippen LogP contribution in [0.5, 0.6) is 0 Å². The van der Waals surface area contributed by atoms with Crippen molar-refractivity contribution in [1.82, 2.24) is 9.36 Å². The van der Waals surface area contributed by atoms with Crippen molar-refractivity contribution < 1.29 is 0 Å². The van der Waals surface area contributed by atoms with E-state index in [1.165, 1.54) is 11.5 Å². The van der Waals surface area contributed by atoms with E-state index in [4.69, 9.17) is 0 Å². The number of aryl methyl sites for hydroxylation is 1. The van der Waals surface area contributed by atoms with E-state index in [0.29, 0.717) is 11.3 Å². The van der Waals surface area contributed by atoms with Crippen molar-refractivity contribution >= 4 is 39.2 Å². The lowest BCUT2D eigenvalue weighted by atomic mass is 9.83. The van der Waals surface area contributed by atoms with Crippen LogP contribution in [-0.4, -0.2) is 20.4 Å². The van der Waals surface area contributed by atoms with Crippen LogP contribution >= 0.6 is 39.2 Å². The minimum Gasteiger partial charge on any atom is -0.213 e. The Morgan fingerprint density at radius 1 is 1.44 bits per heavy atom. The van der Waals surface area contributed by atoms with Gasteiger partial charge in [0.2, 0.25) is 0 Å². The zero-order valence-corrected chi connectivity index (χ0v) is 13.5. The van der Waals surface area contributed by atoms with Crippen LogP contribution in [0.1, 0.15) is 33.5 Å². The zero-order chi connectivity index (χ0) is 12.2. The van der Waals surface area contributed by atoms with Crippen LogP contribution in [0, 0.1) is 11.3 Å². The van der Waals surface area contributed by atoms with Crippen molar-refractivity contribution in [2.24, 2.45) is 11.3 Å². The molecule has 5 heteroatoms. The third-order valence-corrected chi connectivity index (χ3v) is 5.40. The Balaban J connectivity index is 2.49. The molecule has 0 aliphatic rings. The van der Waals surface area contributed by atoms with Crippen molar-refractivity contribution in [3.8, 4) is 0 Å². The molecule has 0 saturated heterocycles. The van der Waals surface area contributed by atoms with Crippen molar-refractivity contribution in [2.45, 2.75) is 38.5 Å². The maximum absolute atomic E-state index is 4.47. The highest BCUT2D eigenvalue weighted by Crippen LogP contribution is 2.33. The lowest BCUT2D eigenvalue weighted by Crippen LogP contribution is -2.23. The summed E-state index contributed by atoms with van der Waals surface area (Å²) in [4.78, 5) is 4.47. The maximum atomic E-state index is 4.47. The van der Waals surface area contributed by atoms with Crippen molar-refractivity contribution in [2.75, 3.05) is 11.1 Å². The van der Waals surface area contributed by atoms with Gasteiger partial charge in [-0.05, 0) is 22.9 Å². The lowest BCUT2D eigenvalue weighted by molar-refractivity contribution is 0.295. The van der Waals surface area contributed by atoms with Crippen molar-refractivity contribution in [3.63, 3.8) is 0 Å². The van der Waals surface area contributed by atoms with Crippen molar-refractivity contribution in [3.05, 3.63) is 5.82 Å². The van der Waals surface area contributed by atoms with E-state index in [2.05, 4.69) is 53.0 Å². The molecule has 2 nitrogen and oxygen atoms in total. The highest BCUT2D eigenvalue weighted by atomic mass is 79.9. The first-order valence-electron chi connectivity index (χ1n) is 5.48. The number of thioether (sulfide) groups is 1. The third-order valence-electron chi connectivity index (χ3n) is 2.58. The van der Waals surface area contributed by atoms with Crippen LogP contribution in [0.4, 0.5) is 0 Å². The van der Waals surface area contributed by atoms with E-state index < -0.39 is 0 Å². The topological polar surface area (TPSA) is 25.8 Å². The summed E-state index contributed by atoms with van der Waals surface area (Å²) in [6, 6.07) is 0. The van der Waals surface area contributed by atoms with Crippen LogP contribution in [0.25, 0.3) is 0 Å². The van der Waals surface area contributed by atoms with Crippen LogP contribution in [0.3, 0.4) is 0 Å². The summed E-state index contributed by atoms with van der Waals surface area (Å²) in [6.07, 6.45) is 0.929. The van der Waals surface area contributed by atoms with Gasteiger partial charge in [-0.15, -0.1) is 0 Å². The predicted octanol–water partition coefficient (Wildman–Crippen LogP) is 4.25. The monoisotopic (exact) mass is 322 g/mol. The Labute approximate surface area is 115 Å². The number of hydrogen-bond acceptors (Lipinski definition) is 4. The molecule has 1 unspecified atom stereocenters. The summed E-state index contributed by atoms with van der Waals surface area (Å²) in [5.41, 5.74) is 0.342. The molecular weight excluding hydrogens is 304 g/mol. The largest absolute Gasteiger partial charge is 0.213 e. The second kappa shape index (κ2) is 6.36. The molecule has 1 aromatic rings. The fourth-order valence-corrected chi connectivity index (χ4v) is 4.80. The fraction of sp³-hybridized carbons (Fsp3) is 0.818. The highest BCUT2D eigenvalue weighted by molar-refractivity contribution is 9.09. The van der Waals surface area contributed by atoms with E-state index in [9.17, 15) is 0 Å². The van der Waals surface area contributed by atoms with Gasteiger partial charge < -0.3 is 0 Å². The molecule has 0 aliphatic carbocycles. The van der Waals surface area contributed by atoms with E-state index in [0.717, 1.165) is 27.7 Å². The molecule has 0 aromatic carbocycles. The number of alkyl halides is 1. The summed E-state index contributed by atoms with van der Waals surface area (Å²) in [7, 11) is 0. The molecular formula is C11H19BrN2S2. The number of hydrogen-bond donors (Lipinski definition) is 0. The van der Waals surface area contributed by atoms with Crippen molar-refractivity contribution in [1.29, 1.82) is 0 Å². The van der Waals surface area contributed by atoms with Gasteiger partial charge in [-0.25, -0.2) is 4.98 Å². The Hall–Kier alpha value is 0.390. The summed E-state index contributed by atoms with van der Waals surface area (Å²) in [5, 5.41) is 1.04. The molecule has 0 fully saturated rings. The van der Waals surface area contributed by atoms with E-state index in [1.807, 2.05) is 11.8 Å². The minimum absolute atomic E-state index is 0.342. The fourth-order valence-electron chi connectivity index (χ4n) is 1.14. The average molecular weight is 323 g/mol. The Bertz CT molecular complexity index is 320. The first-order chi connectivity index (χ1) is 7.47. The maximum Gasteiger partial charge on any atom is 0.170 e. The van der Waals surface area contributed by atoms with Gasteiger partial charge in [0.05, 0.1) is 0 Å². The third kappa shape index (κ3) is 4.34. The second-order valence-corrected chi connectivity index (χ2v) is 7.52. The van der Waals surface area contributed by atoms with Gasteiger partial charge in [-0.1, -0.05) is 55.4 Å². The number of rotatable bonds is 5. The Morgan fingerprint density at radius 2 is 2.12 bits per heavy atom. The van der Waals surface area contributed by atoms with Gasteiger partial charge in [-0.3, -0.25) is 0 Å². The van der Waals surface area contributed by atoms with Gasteiger partial charge in [0.25, 0.3) is 0 Å². The highest BCUT2D eigenvalue weighted by Gasteiger charge is 2.24. The van der Waals surface area contributed by atoms with Gasteiger partial charge in [0.1, 0.15) is 5.82 Å². The molecule has 1 atom stereocenters. The molecule has 0 aliphatic heterocycles. The Morgan fingerprint density at radius 3 is 2.56 bits per heavy atom. The summed E-state index contributed by atoms with van der Waals surface area (Å²) in [5.74, 6) is 2.73. The summed E-state index contributed by atoms with van der Waals surface area (Å²) >= 11 is 6.95. The molecule has 0 radical (unpaired) electrons. The Kier molecular flexibility index (Phi) is 5.74. The molecule has 1 heterocycles.